The molecule has 1 aliphatic carbocycles. The Morgan fingerprint density at radius 1 is 1.11 bits per heavy atom. The normalized spacial score (nSPS) is 34.7. The van der Waals surface area contributed by atoms with Crippen LogP contribution in [0.5, 0.6) is 0 Å². The molecule has 1 saturated carbocycles. The highest BCUT2D eigenvalue weighted by Crippen LogP contribution is 2.23. The Hall–Kier alpha value is -0.620. The third kappa shape index (κ3) is 3.69. The van der Waals surface area contributed by atoms with Crippen molar-refractivity contribution in [3.63, 3.8) is 0 Å². The summed E-state index contributed by atoms with van der Waals surface area (Å²) in [6.45, 7) is 0.254. The van der Waals surface area contributed by atoms with Crippen LogP contribution >= 0.6 is 0 Å². The molecule has 0 spiro atoms. The third-order valence-corrected chi connectivity index (χ3v) is 6.65. The number of carbonyl (C=O) groups excluding carboxylic acids is 1. The molecule has 2 rings (SSSR count). The fourth-order valence-electron chi connectivity index (χ4n) is 3.09. The van der Waals surface area contributed by atoms with Gasteiger partial charge < -0.3 is 11.1 Å². The molecule has 110 valence electrons. The molecule has 2 aliphatic rings. The van der Waals surface area contributed by atoms with Crippen LogP contribution in [0.25, 0.3) is 0 Å². The second kappa shape index (κ2) is 6.22. The van der Waals surface area contributed by atoms with Gasteiger partial charge in [-0.25, -0.2) is 8.42 Å². The van der Waals surface area contributed by atoms with E-state index in [1.54, 1.807) is 0 Å². The van der Waals surface area contributed by atoms with Crippen LogP contribution in [0.3, 0.4) is 0 Å². The van der Waals surface area contributed by atoms with Gasteiger partial charge in [0, 0.05) is 12.6 Å². The largest absolute Gasteiger partial charge is 0.355 e. The predicted octanol–water partition coefficient (Wildman–Crippen LogP) is 0.587. The Bertz CT molecular complexity index is 422. The molecule has 3 atom stereocenters. The smallest absolute Gasteiger partial charge is 0.224 e. The molecule has 6 heteroatoms. The lowest BCUT2D eigenvalue weighted by atomic mass is 9.94. The average molecular weight is 288 g/mol. The summed E-state index contributed by atoms with van der Waals surface area (Å²) in [6.07, 6.45) is 6.35. The van der Waals surface area contributed by atoms with Crippen LogP contribution in [0.1, 0.15) is 44.9 Å². The van der Waals surface area contributed by atoms with Crippen molar-refractivity contribution in [1.29, 1.82) is 0 Å². The molecule has 2 fully saturated rings. The standard InChI is InChI=1S/C13H24N2O3S/c14-12-7-3-1-2-6-11(12)13(16)15-9-10-5-4-8-19(10,17)18/h10-12H,1-9,14H2,(H,15,16). The van der Waals surface area contributed by atoms with Crippen LogP contribution < -0.4 is 11.1 Å². The first-order valence-corrected chi connectivity index (χ1v) is 8.97. The molecular weight excluding hydrogens is 264 g/mol. The summed E-state index contributed by atoms with van der Waals surface area (Å²) in [5, 5.41) is 2.42. The monoisotopic (exact) mass is 288 g/mol. The molecule has 1 saturated heterocycles. The molecule has 3 unspecified atom stereocenters. The van der Waals surface area contributed by atoms with Gasteiger partial charge in [0.15, 0.2) is 9.84 Å². The van der Waals surface area contributed by atoms with Crippen molar-refractivity contribution >= 4 is 15.7 Å². The van der Waals surface area contributed by atoms with E-state index in [1.165, 1.54) is 0 Å². The lowest BCUT2D eigenvalue weighted by Crippen LogP contribution is -2.44. The molecule has 1 amide bonds. The third-order valence-electron chi connectivity index (χ3n) is 4.37. The van der Waals surface area contributed by atoms with Crippen molar-refractivity contribution < 1.29 is 13.2 Å². The predicted molar refractivity (Wildman–Crippen MR) is 74.4 cm³/mol. The molecular formula is C13H24N2O3S. The Balaban J connectivity index is 1.86. The second-order valence-corrected chi connectivity index (χ2v) is 8.19. The first kappa shape index (κ1) is 14.8. The molecule has 0 bridgehead atoms. The number of nitrogens with one attached hydrogen (secondary N) is 1. The lowest BCUT2D eigenvalue weighted by Gasteiger charge is -2.21. The van der Waals surface area contributed by atoms with Crippen LogP contribution in [-0.4, -0.2) is 37.9 Å². The van der Waals surface area contributed by atoms with Crippen molar-refractivity contribution in [3.05, 3.63) is 0 Å². The zero-order valence-electron chi connectivity index (χ0n) is 11.3. The summed E-state index contributed by atoms with van der Waals surface area (Å²) in [4.78, 5) is 12.1. The van der Waals surface area contributed by atoms with Crippen molar-refractivity contribution in [1.82, 2.24) is 5.32 Å². The van der Waals surface area contributed by atoms with Gasteiger partial charge in [-0.1, -0.05) is 19.3 Å². The summed E-state index contributed by atoms with van der Waals surface area (Å²) in [6, 6.07) is -0.0808. The van der Waals surface area contributed by atoms with Crippen molar-refractivity contribution in [2.24, 2.45) is 11.7 Å². The topological polar surface area (TPSA) is 89.3 Å². The number of sulfone groups is 1. The first-order valence-electron chi connectivity index (χ1n) is 7.25. The zero-order valence-corrected chi connectivity index (χ0v) is 12.1. The molecule has 3 N–H and O–H groups in total. The molecule has 0 aromatic carbocycles. The van der Waals surface area contributed by atoms with E-state index in [9.17, 15) is 13.2 Å². The maximum atomic E-state index is 12.1. The minimum absolute atomic E-state index is 0.0588. The van der Waals surface area contributed by atoms with Gasteiger partial charge in [0.25, 0.3) is 0 Å². The van der Waals surface area contributed by atoms with Crippen LogP contribution in [0.15, 0.2) is 0 Å². The van der Waals surface area contributed by atoms with Crippen LogP contribution in [0.2, 0.25) is 0 Å². The van der Waals surface area contributed by atoms with E-state index in [2.05, 4.69) is 5.32 Å². The van der Waals surface area contributed by atoms with E-state index in [1.807, 2.05) is 0 Å². The van der Waals surface area contributed by atoms with E-state index >= 15 is 0 Å². The molecule has 1 heterocycles. The summed E-state index contributed by atoms with van der Waals surface area (Å²) < 4.78 is 23.4. The number of hydrogen-bond acceptors (Lipinski definition) is 4. The van der Waals surface area contributed by atoms with E-state index in [0.717, 1.165) is 32.1 Å². The van der Waals surface area contributed by atoms with Crippen molar-refractivity contribution in [3.8, 4) is 0 Å². The molecule has 0 radical (unpaired) electrons. The van der Waals surface area contributed by atoms with E-state index in [4.69, 9.17) is 5.73 Å². The summed E-state index contributed by atoms with van der Waals surface area (Å²) >= 11 is 0. The number of carbonyl (C=O) groups is 1. The Morgan fingerprint density at radius 2 is 1.84 bits per heavy atom. The number of rotatable bonds is 3. The number of amides is 1. The molecule has 0 aromatic heterocycles. The average Bonchev–Trinajstić information content (AvgIpc) is 2.56. The van der Waals surface area contributed by atoms with Gasteiger partial charge in [0.05, 0.1) is 16.9 Å². The fraction of sp³-hybridized carbons (Fsp3) is 0.923. The van der Waals surface area contributed by atoms with E-state index in [0.29, 0.717) is 12.8 Å². The van der Waals surface area contributed by atoms with Gasteiger partial charge in [0.1, 0.15) is 0 Å². The number of hydrogen-bond donors (Lipinski definition) is 2. The summed E-state index contributed by atoms with van der Waals surface area (Å²) in [5.74, 6) is 0.0549. The summed E-state index contributed by atoms with van der Waals surface area (Å²) in [5.41, 5.74) is 6.04. The van der Waals surface area contributed by atoms with Gasteiger partial charge >= 0.3 is 0 Å². The minimum atomic E-state index is -2.98. The second-order valence-electron chi connectivity index (χ2n) is 5.78. The fourth-order valence-corrected chi connectivity index (χ4v) is 4.86. The van der Waals surface area contributed by atoms with Gasteiger partial charge in [-0.2, -0.15) is 0 Å². The Kier molecular flexibility index (Phi) is 4.84. The van der Waals surface area contributed by atoms with Crippen LogP contribution in [-0.2, 0) is 14.6 Å². The van der Waals surface area contributed by atoms with Crippen LogP contribution in [0.4, 0.5) is 0 Å². The van der Waals surface area contributed by atoms with Crippen molar-refractivity contribution in [2.75, 3.05) is 12.3 Å². The van der Waals surface area contributed by atoms with Gasteiger partial charge in [-0.3, -0.25) is 4.79 Å². The zero-order chi connectivity index (χ0) is 13.9. The minimum Gasteiger partial charge on any atom is -0.355 e. The molecule has 19 heavy (non-hydrogen) atoms. The Morgan fingerprint density at radius 3 is 2.53 bits per heavy atom. The maximum Gasteiger partial charge on any atom is 0.224 e. The van der Waals surface area contributed by atoms with E-state index < -0.39 is 15.1 Å². The van der Waals surface area contributed by atoms with Gasteiger partial charge in [0.2, 0.25) is 5.91 Å². The number of nitrogens with two attached hydrogens (primary N) is 1. The lowest BCUT2D eigenvalue weighted by molar-refractivity contribution is -0.125. The summed E-state index contributed by atoms with van der Waals surface area (Å²) in [7, 11) is -2.98. The van der Waals surface area contributed by atoms with Gasteiger partial charge in [-0.05, 0) is 25.7 Å². The first-order chi connectivity index (χ1) is 9.00. The van der Waals surface area contributed by atoms with E-state index in [-0.39, 0.29) is 30.2 Å². The SMILES string of the molecule is NC1CCCCCC1C(=O)NCC1CCCS1(=O)=O. The molecule has 0 aromatic rings. The quantitative estimate of drug-likeness (QED) is 0.744. The molecule has 5 nitrogen and oxygen atoms in total. The van der Waals surface area contributed by atoms with Gasteiger partial charge in [-0.15, -0.1) is 0 Å². The molecule has 1 aliphatic heterocycles. The van der Waals surface area contributed by atoms with Crippen LogP contribution in [0, 0.1) is 5.92 Å². The highest BCUT2D eigenvalue weighted by molar-refractivity contribution is 7.92. The maximum absolute atomic E-state index is 12.1. The highest BCUT2D eigenvalue weighted by Gasteiger charge is 2.33. The Labute approximate surface area is 115 Å². The van der Waals surface area contributed by atoms with Crippen molar-refractivity contribution in [2.45, 2.75) is 56.2 Å². The highest BCUT2D eigenvalue weighted by atomic mass is 32.2.